The zero-order chi connectivity index (χ0) is 15.4. The second-order valence-electron chi connectivity index (χ2n) is 4.51. The van der Waals surface area contributed by atoms with Crippen molar-refractivity contribution in [1.82, 2.24) is 0 Å². The van der Waals surface area contributed by atoms with Crippen LogP contribution in [0.25, 0.3) is 0 Å². The molecule has 0 aliphatic heterocycles. The SMILES string of the molecule is C=CC(c1ccccc1)c1cc(C(=O)OC)cc(Br)c1O. The van der Waals surface area contributed by atoms with E-state index in [1.165, 1.54) is 13.2 Å². The van der Waals surface area contributed by atoms with Crippen LogP contribution in [0, 0.1) is 0 Å². The quantitative estimate of drug-likeness (QED) is 0.664. The lowest BCUT2D eigenvalue weighted by molar-refractivity contribution is 0.0600. The highest BCUT2D eigenvalue weighted by Gasteiger charge is 2.19. The molecule has 0 saturated heterocycles. The molecule has 0 spiro atoms. The first kappa shape index (κ1) is 15.3. The minimum absolute atomic E-state index is 0.0939. The average molecular weight is 347 g/mol. The van der Waals surface area contributed by atoms with Gasteiger partial charge < -0.3 is 9.84 Å². The maximum atomic E-state index is 11.7. The highest BCUT2D eigenvalue weighted by Crippen LogP contribution is 2.38. The van der Waals surface area contributed by atoms with E-state index in [1.54, 1.807) is 12.1 Å². The van der Waals surface area contributed by atoms with Crippen molar-refractivity contribution in [1.29, 1.82) is 0 Å². The van der Waals surface area contributed by atoms with Crippen LogP contribution in [0.5, 0.6) is 5.75 Å². The van der Waals surface area contributed by atoms with Gasteiger partial charge in [-0.05, 0) is 33.6 Å². The number of aromatic hydroxyl groups is 1. The van der Waals surface area contributed by atoms with Crippen molar-refractivity contribution in [2.45, 2.75) is 5.92 Å². The smallest absolute Gasteiger partial charge is 0.337 e. The number of ether oxygens (including phenoxy) is 1. The Morgan fingerprint density at radius 1 is 1.33 bits per heavy atom. The van der Waals surface area contributed by atoms with Gasteiger partial charge in [0.25, 0.3) is 0 Å². The van der Waals surface area contributed by atoms with Crippen LogP contribution in [0.15, 0.2) is 59.6 Å². The summed E-state index contributed by atoms with van der Waals surface area (Å²) in [6.07, 6.45) is 1.73. The number of esters is 1. The predicted molar refractivity (Wildman–Crippen MR) is 85.6 cm³/mol. The molecule has 1 atom stereocenters. The Morgan fingerprint density at radius 2 is 2.00 bits per heavy atom. The van der Waals surface area contributed by atoms with Crippen molar-refractivity contribution in [3.8, 4) is 5.75 Å². The van der Waals surface area contributed by atoms with Gasteiger partial charge in [-0.25, -0.2) is 4.79 Å². The first-order chi connectivity index (χ1) is 10.1. The molecule has 4 heteroatoms. The number of carbonyl (C=O) groups is 1. The van der Waals surface area contributed by atoms with Crippen LogP contribution in [0.3, 0.4) is 0 Å². The first-order valence-electron chi connectivity index (χ1n) is 6.36. The highest BCUT2D eigenvalue weighted by molar-refractivity contribution is 9.10. The summed E-state index contributed by atoms with van der Waals surface area (Å²) >= 11 is 3.27. The van der Waals surface area contributed by atoms with Crippen molar-refractivity contribution < 1.29 is 14.6 Å². The van der Waals surface area contributed by atoms with E-state index in [4.69, 9.17) is 4.74 Å². The predicted octanol–water partition coefficient (Wildman–Crippen LogP) is 4.26. The van der Waals surface area contributed by atoms with E-state index in [9.17, 15) is 9.90 Å². The van der Waals surface area contributed by atoms with Gasteiger partial charge in [0.05, 0.1) is 17.1 Å². The second kappa shape index (κ2) is 6.59. The van der Waals surface area contributed by atoms with Gasteiger partial charge in [-0.2, -0.15) is 0 Å². The Balaban J connectivity index is 2.58. The van der Waals surface area contributed by atoms with Crippen LogP contribution in [0.1, 0.15) is 27.4 Å². The molecule has 0 saturated carbocycles. The van der Waals surface area contributed by atoms with Crippen LogP contribution in [-0.4, -0.2) is 18.2 Å². The number of phenols is 1. The fraction of sp³-hybridized carbons (Fsp3) is 0.118. The minimum Gasteiger partial charge on any atom is -0.506 e. The number of halogens is 1. The highest BCUT2D eigenvalue weighted by atomic mass is 79.9. The Labute approximate surface area is 132 Å². The molecule has 0 aliphatic carbocycles. The van der Waals surface area contributed by atoms with Crippen molar-refractivity contribution in [3.05, 3.63) is 76.3 Å². The molecular weight excluding hydrogens is 332 g/mol. The zero-order valence-electron chi connectivity index (χ0n) is 11.5. The van der Waals surface area contributed by atoms with E-state index in [0.717, 1.165) is 5.56 Å². The maximum Gasteiger partial charge on any atom is 0.337 e. The molecule has 108 valence electrons. The molecule has 0 aliphatic rings. The van der Waals surface area contributed by atoms with Crippen LogP contribution in [0.2, 0.25) is 0 Å². The molecule has 2 aromatic rings. The third-order valence-electron chi connectivity index (χ3n) is 3.24. The maximum absolute atomic E-state index is 11.7. The Morgan fingerprint density at radius 3 is 2.57 bits per heavy atom. The van der Waals surface area contributed by atoms with Gasteiger partial charge in [0.1, 0.15) is 5.75 Å². The zero-order valence-corrected chi connectivity index (χ0v) is 13.1. The molecule has 0 fully saturated rings. The molecule has 0 amide bonds. The third-order valence-corrected chi connectivity index (χ3v) is 3.85. The molecule has 0 radical (unpaired) electrons. The van der Waals surface area contributed by atoms with Crippen molar-refractivity contribution in [2.24, 2.45) is 0 Å². The van der Waals surface area contributed by atoms with Crippen LogP contribution in [0.4, 0.5) is 0 Å². The summed E-state index contributed by atoms with van der Waals surface area (Å²) in [5.41, 5.74) is 1.96. The summed E-state index contributed by atoms with van der Waals surface area (Å²) in [5, 5.41) is 10.3. The molecule has 1 unspecified atom stereocenters. The molecule has 0 bridgehead atoms. The Bertz CT molecular complexity index is 665. The Kier molecular flexibility index (Phi) is 4.81. The summed E-state index contributed by atoms with van der Waals surface area (Å²) in [7, 11) is 1.32. The van der Waals surface area contributed by atoms with Gasteiger partial charge in [-0.3, -0.25) is 0 Å². The van der Waals surface area contributed by atoms with Crippen molar-refractivity contribution in [2.75, 3.05) is 7.11 Å². The lowest BCUT2D eigenvalue weighted by Crippen LogP contribution is -2.05. The summed E-state index contributed by atoms with van der Waals surface area (Å²) in [6.45, 7) is 3.84. The second-order valence-corrected chi connectivity index (χ2v) is 5.37. The van der Waals surface area contributed by atoms with E-state index in [1.807, 2.05) is 30.3 Å². The van der Waals surface area contributed by atoms with Gasteiger partial charge >= 0.3 is 5.97 Å². The number of phenolic OH excluding ortho intramolecular Hbond substituents is 1. The average Bonchev–Trinajstić information content (AvgIpc) is 2.52. The number of hydrogen-bond acceptors (Lipinski definition) is 3. The van der Waals surface area contributed by atoms with Gasteiger partial charge in [0.15, 0.2) is 0 Å². The molecule has 0 aromatic heterocycles. The molecular formula is C17H15BrO3. The molecule has 21 heavy (non-hydrogen) atoms. The van der Waals surface area contributed by atoms with Gasteiger partial charge in [0.2, 0.25) is 0 Å². The van der Waals surface area contributed by atoms with E-state index in [2.05, 4.69) is 22.5 Å². The molecule has 2 rings (SSSR count). The van der Waals surface area contributed by atoms with Crippen LogP contribution in [-0.2, 0) is 4.74 Å². The van der Waals surface area contributed by atoms with E-state index in [-0.39, 0.29) is 11.7 Å². The lowest BCUT2D eigenvalue weighted by atomic mass is 9.90. The van der Waals surface area contributed by atoms with Crippen molar-refractivity contribution in [3.63, 3.8) is 0 Å². The molecule has 3 nitrogen and oxygen atoms in total. The summed E-state index contributed by atoms with van der Waals surface area (Å²) < 4.78 is 5.19. The lowest BCUT2D eigenvalue weighted by Gasteiger charge is -2.17. The van der Waals surface area contributed by atoms with Gasteiger partial charge in [-0.15, -0.1) is 6.58 Å². The number of benzene rings is 2. The first-order valence-corrected chi connectivity index (χ1v) is 7.16. The molecule has 2 aromatic carbocycles. The monoisotopic (exact) mass is 346 g/mol. The topological polar surface area (TPSA) is 46.5 Å². The van der Waals surface area contributed by atoms with Crippen LogP contribution >= 0.6 is 15.9 Å². The Hall–Kier alpha value is -2.07. The van der Waals surface area contributed by atoms with E-state index < -0.39 is 5.97 Å². The minimum atomic E-state index is -0.451. The number of carbonyl (C=O) groups excluding carboxylic acids is 1. The van der Waals surface area contributed by atoms with E-state index >= 15 is 0 Å². The molecule has 1 N–H and O–H groups in total. The summed E-state index contributed by atoms with van der Waals surface area (Å²) in [6, 6.07) is 12.8. The summed E-state index contributed by atoms with van der Waals surface area (Å²) in [4.78, 5) is 11.7. The van der Waals surface area contributed by atoms with Crippen molar-refractivity contribution >= 4 is 21.9 Å². The number of hydrogen-bond donors (Lipinski definition) is 1. The fourth-order valence-corrected chi connectivity index (χ4v) is 2.67. The van der Waals surface area contributed by atoms with Gasteiger partial charge in [-0.1, -0.05) is 36.4 Å². The number of allylic oxidation sites excluding steroid dienone is 1. The third kappa shape index (κ3) is 3.16. The summed E-state index contributed by atoms with van der Waals surface area (Å²) in [5.74, 6) is -0.573. The molecule has 0 heterocycles. The normalized spacial score (nSPS) is 11.7. The number of rotatable bonds is 4. The fourth-order valence-electron chi connectivity index (χ4n) is 2.20. The number of methoxy groups -OCH3 is 1. The van der Waals surface area contributed by atoms with E-state index in [0.29, 0.717) is 15.6 Å². The standard InChI is InChI=1S/C17H15BrO3/c1-3-13(11-7-5-4-6-8-11)14-9-12(17(20)21-2)10-15(18)16(14)19/h3-10,13,19H,1H2,2H3. The largest absolute Gasteiger partial charge is 0.506 e. The van der Waals surface area contributed by atoms with Crippen LogP contribution < -0.4 is 0 Å². The van der Waals surface area contributed by atoms with Gasteiger partial charge in [0, 0.05) is 11.5 Å².